The number of rotatable bonds is 8. The monoisotopic (exact) mass is 467 g/mol. The highest BCUT2D eigenvalue weighted by atomic mass is 35.5. The molecule has 1 saturated carbocycles. The lowest BCUT2D eigenvalue weighted by molar-refractivity contribution is -0.138. The highest BCUT2D eigenvalue weighted by Gasteiger charge is 2.34. The molecule has 2 aliphatic rings. The Morgan fingerprint density at radius 1 is 1.19 bits per heavy atom. The lowest BCUT2D eigenvalue weighted by Crippen LogP contribution is -2.25. The van der Waals surface area contributed by atoms with Crippen molar-refractivity contribution >= 4 is 17.6 Å². The quantitative estimate of drug-likeness (QED) is 0.519. The predicted octanol–water partition coefficient (Wildman–Crippen LogP) is 5.98. The Labute approximate surface area is 189 Å². The molecule has 2 aromatic rings. The third-order valence-electron chi connectivity index (χ3n) is 6.17. The van der Waals surface area contributed by atoms with Gasteiger partial charge in [0.05, 0.1) is 12.0 Å². The van der Waals surface area contributed by atoms with Gasteiger partial charge in [-0.15, -0.1) is 0 Å². The molecular weight excluding hydrogens is 443 g/mol. The molecule has 2 aromatic carbocycles. The maximum Gasteiger partial charge on any atom is 0.416 e. The standard InChI is InChI=1S/C24H25ClF3NO3/c25-22-7-6-18(24(26,27)28)10-17(22)13-29-9-8-20(14-29)32-19-3-1-2-16(11-19)21(12-23(30)31)15-4-5-15/h1-3,6-7,10-11,15,20-21H,4-5,8-9,12-14H2,(H,30,31)/t20?,21-/m0/s1. The van der Waals surface area contributed by atoms with Gasteiger partial charge in [-0.3, -0.25) is 9.69 Å². The summed E-state index contributed by atoms with van der Waals surface area (Å²) in [5.74, 6) is 0.315. The largest absolute Gasteiger partial charge is 0.489 e. The fourth-order valence-electron chi connectivity index (χ4n) is 4.40. The molecule has 0 bridgehead atoms. The molecule has 32 heavy (non-hydrogen) atoms. The number of ether oxygens (including phenoxy) is 1. The fourth-order valence-corrected chi connectivity index (χ4v) is 4.58. The number of benzene rings is 2. The number of carboxylic acids is 1. The second-order valence-electron chi connectivity index (χ2n) is 8.68. The second-order valence-corrected chi connectivity index (χ2v) is 9.09. The number of aliphatic carboxylic acids is 1. The molecule has 0 radical (unpaired) electrons. The van der Waals surface area contributed by atoms with Gasteiger partial charge in [-0.05, 0) is 72.6 Å². The Bertz CT molecular complexity index is 977. The molecule has 0 aromatic heterocycles. The van der Waals surface area contributed by atoms with Gasteiger partial charge in [0.1, 0.15) is 11.9 Å². The number of halogens is 4. The smallest absolute Gasteiger partial charge is 0.416 e. The summed E-state index contributed by atoms with van der Waals surface area (Å²) in [5, 5.41) is 9.56. The number of carboxylic acid groups (broad SMARTS) is 1. The van der Waals surface area contributed by atoms with Crippen molar-refractivity contribution < 1.29 is 27.8 Å². The van der Waals surface area contributed by atoms with Crippen molar-refractivity contribution in [2.45, 2.75) is 50.4 Å². The van der Waals surface area contributed by atoms with Gasteiger partial charge in [-0.25, -0.2) is 0 Å². The van der Waals surface area contributed by atoms with Crippen LogP contribution in [-0.4, -0.2) is 35.2 Å². The maximum absolute atomic E-state index is 13.0. The highest BCUT2D eigenvalue weighted by Crippen LogP contribution is 2.45. The second kappa shape index (κ2) is 9.32. The maximum atomic E-state index is 13.0. The lowest BCUT2D eigenvalue weighted by Gasteiger charge is -2.20. The molecule has 0 spiro atoms. The average molecular weight is 468 g/mol. The minimum absolute atomic E-state index is 0.000762. The van der Waals surface area contributed by atoms with Gasteiger partial charge in [0, 0.05) is 24.7 Å². The van der Waals surface area contributed by atoms with Gasteiger partial charge in [0.2, 0.25) is 0 Å². The SMILES string of the molecule is O=C(O)C[C@H](c1cccc(OC2CCN(Cc3cc(C(F)(F)F)ccc3Cl)C2)c1)C1CC1. The van der Waals surface area contributed by atoms with E-state index >= 15 is 0 Å². The zero-order valence-electron chi connectivity index (χ0n) is 17.4. The Hall–Kier alpha value is -2.25. The molecule has 8 heteroatoms. The van der Waals surface area contributed by atoms with Gasteiger partial charge in [0.25, 0.3) is 0 Å². The first-order chi connectivity index (χ1) is 15.2. The Kier molecular flexibility index (Phi) is 6.67. The van der Waals surface area contributed by atoms with Gasteiger partial charge >= 0.3 is 12.1 Å². The van der Waals surface area contributed by atoms with Crippen LogP contribution in [-0.2, 0) is 17.5 Å². The summed E-state index contributed by atoms with van der Waals surface area (Å²) >= 11 is 6.14. The third kappa shape index (κ3) is 5.75. The number of alkyl halides is 3. The van der Waals surface area contributed by atoms with Crippen LogP contribution in [0.4, 0.5) is 13.2 Å². The van der Waals surface area contributed by atoms with Crippen LogP contribution in [0.2, 0.25) is 5.02 Å². The van der Waals surface area contributed by atoms with E-state index in [0.29, 0.717) is 41.9 Å². The van der Waals surface area contributed by atoms with Crippen LogP contribution in [0, 0.1) is 5.92 Å². The predicted molar refractivity (Wildman–Crippen MR) is 115 cm³/mol. The summed E-state index contributed by atoms with van der Waals surface area (Å²) in [7, 11) is 0. The topological polar surface area (TPSA) is 49.8 Å². The molecule has 1 heterocycles. The van der Waals surface area contributed by atoms with Gasteiger partial charge in [-0.1, -0.05) is 23.7 Å². The number of carbonyl (C=O) groups is 1. The molecule has 4 nitrogen and oxygen atoms in total. The summed E-state index contributed by atoms with van der Waals surface area (Å²) in [4.78, 5) is 13.3. The van der Waals surface area contributed by atoms with Crippen molar-refractivity contribution in [2.75, 3.05) is 13.1 Å². The van der Waals surface area contributed by atoms with Crippen LogP contribution in [0.15, 0.2) is 42.5 Å². The van der Waals surface area contributed by atoms with E-state index in [4.69, 9.17) is 16.3 Å². The summed E-state index contributed by atoms with van der Waals surface area (Å²) in [5.41, 5.74) is 0.732. The van der Waals surface area contributed by atoms with Crippen LogP contribution in [0.5, 0.6) is 5.75 Å². The van der Waals surface area contributed by atoms with Crippen molar-refractivity contribution in [3.05, 3.63) is 64.2 Å². The Morgan fingerprint density at radius 2 is 1.97 bits per heavy atom. The molecule has 0 amide bonds. The minimum Gasteiger partial charge on any atom is -0.489 e. The number of hydrogen-bond acceptors (Lipinski definition) is 3. The number of nitrogens with zero attached hydrogens (tertiary/aromatic N) is 1. The molecule has 1 aliphatic carbocycles. The van der Waals surface area contributed by atoms with Crippen molar-refractivity contribution in [1.82, 2.24) is 4.90 Å². The molecule has 2 atom stereocenters. The van der Waals surface area contributed by atoms with E-state index in [1.165, 1.54) is 6.07 Å². The van der Waals surface area contributed by atoms with Crippen LogP contribution in [0.25, 0.3) is 0 Å². The third-order valence-corrected chi connectivity index (χ3v) is 6.54. The lowest BCUT2D eigenvalue weighted by atomic mass is 9.91. The van der Waals surface area contributed by atoms with Gasteiger partial charge < -0.3 is 9.84 Å². The molecular formula is C24H25ClF3NO3. The zero-order valence-corrected chi connectivity index (χ0v) is 18.2. The van der Waals surface area contributed by atoms with E-state index in [1.54, 1.807) is 0 Å². The molecule has 1 unspecified atom stereocenters. The van der Waals surface area contributed by atoms with Crippen molar-refractivity contribution in [3.8, 4) is 5.75 Å². The minimum atomic E-state index is -4.40. The van der Waals surface area contributed by atoms with E-state index in [1.807, 2.05) is 29.2 Å². The summed E-state index contributed by atoms with van der Waals surface area (Å²) in [6, 6.07) is 11.0. The first kappa shape index (κ1) is 22.9. The number of hydrogen-bond donors (Lipinski definition) is 1. The molecule has 1 N–H and O–H groups in total. The highest BCUT2D eigenvalue weighted by molar-refractivity contribution is 6.31. The zero-order chi connectivity index (χ0) is 22.9. The van der Waals surface area contributed by atoms with Crippen molar-refractivity contribution in [2.24, 2.45) is 5.92 Å². The van der Waals surface area contributed by atoms with E-state index in [9.17, 15) is 23.1 Å². The van der Waals surface area contributed by atoms with Gasteiger partial charge in [-0.2, -0.15) is 13.2 Å². The normalized spacial score (nSPS) is 20.3. The van der Waals surface area contributed by atoms with Crippen LogP contribution >= 0.6 is 11.6 Å². The molecule has 172 valence electrons. The Balaban J connectivity index is 1.38. The van der Waals surface area contributed by atoms with E-state index in [0.717, 1.165) is 37.0 Å². The summed E-state index contributed by atoms with van der Waals surface area (Å²) in [6.07, 6.45) is -1.52. The van der Waals surface area contributed by atoms with Crippen LogP contribution in [0.3, 0.4) is 0 Å². The first-order valence-corrected chi connectivity index (χ1v) is 11.1. The average Bonchev–Trinajstić information content (AvgIpc) is 3.47. The first-order valence-electron chi connectivity index (χ1n) is 10.8. The van der Waals surface area contributed by atoms with Crippen LogP contribution in [0.1, 0.15) is 48.3 Å². The van der Waals surface area contributed by atoms with Crippen LogP contribution < -0.4 is 4.74 Å². The van der Waals surface area contributed by atoms with E-state index in [-0.39, 0.29) is 18.4 Å². The van der Waals surface area contributed by atoms with Gasteiger partial charge in [0.15, 0.2) is 0 Å². The Morgan fingerprint density at radius 3 is 2.66 bits per heavy atom. The number of likely N-dealkylation sites (tertiary alicyclic amines) is 1. The summed E-state index contributed by atoms with van der Waals surface area (Å²) < 4.78 is 45.2. The molecule has 1 aliphatic heterocycles. The molecule has 1 saturated heterocycles. The molecule has 2 fully saturated rings. The van der Waals surface area contributed by atoms with Crippen molar-refractivity contribution in [3.63, 3.8) is 0 Å². The van der Waals surface area contributed by atoms with E-state index in [2.05, 4.69) is 0 Å². The molecule has 4 rings (SSSR count). The van der Waals surface area contributed by atoms with Crippen molar-refractivity contribution in [1.29, 1.82) is 0 Å². The van der Waals surface area contributed by atoms with E-state index < -0.39 is 17.7 Å². The summed E-state index contributed by atoms with van der Waals surface area (Å²) in [6.45, 7) is 1.60. The fraction of sp³-hybridized carbons (Fsp3) is 0.458.